The van der Waals surface area contributed by atoms with Gasteiger partial charge in [0.15, 0.2) is 0 Å². The minimum atomic E-state index is 0.0650. The molecule has 29 heavy (non-hydrogen) atoms. The molecule has 1 fully saturated rings. The molecule has 0 aliphatic carbocycles. The van der Waals surface area contributed by atoms with Gasteiger partial charge < -0.3 is 14.5 Å². The lowest BCUT2D eigenvalue weighted by molar-refractivity contribution is 0.00667. The van der Waals surface area contributed by atoms with Gasteiger partial charge in [0.1, 0.15) is 17.4 Å². The first kappa shape index (κ1) is 17.8. The Morgan fingerprint density at radius 3 is 2.66 bits per heavy atom. The maximum atomic E-state index is 5.66. The fourth-order valence-corrected chi connectivity index (χ4v) is 3.46. The van der Waals surface area contributed by atoms with E-state index in [0.29, 0.717) is 17.5 Å². The van der Waals surface area contributed by atoms with Crippen LogP contribution in [0, 0.1) is 13.8 Å². The maximum Gasteiger partial charge on any atom is 0.231 e. The third kappa shape index (κ3) is 3.36. The topological polar surface area (TPSA) is 90.9 Å². The fraction of sp³-hybridized carbons (Fsp3) is 0.333. The monoisotopic (exact) mass is 390 g/mol. The Morgan fingerprint density at radius 1 is 1.14 bits per heavy atom. The number of nitrogens with one attached hydrogen (secondary N) is 1. The standard InChI is InChI=1S/C21H22N6O2/c1-12-8-18-20(23-14(3)24-21(18)29-12)22-13(2)15-4-6-17(7-5-15)27-9-19(25-26-27)16-10-28-11-16/h4-9,13,16H,10-11H2,1-3H3,(H,22,23,24). The number of furan rings is 1. The summed E-state index contributed by atoms with van der Waals surface area (Å²) in [6.07, 6.45) is 1.98. The lowest BCUT2D eigenvalue weighted by atomic mass is 10.1. The van der Waals surface area contributed by atoms with Crippen LogP contribution >= 0.6 is 0 Å². The second-order valence-corrected chi connectivity index (χ2v) is 7.48. The van der Waals surface area contributed by atoms with Crippen molar-refractivity contribution in [1.82, 2.24) is 25.0 Å². The molecule has 1 unspecified atom stereocenters. The summed E-state index contributed by atoms with van der Waals surface area (Å²) in [4.78, 5) is 8.93. The van der Waals surface area contributed by atoms with E-state index in [4.69, 9.17) is 9.15 Å². The van der Waals surface area contributed by atoms with Crippen LogP contribution < -0.4 is 5.32 Å². The van der Waals surface area contributed by atoms with Gasteiger partial charge in [0, 0.05) is 6.04 Å². The Kier molecular flexibility index (Phi) is 4.28. The van der Waals surface area contributed by atoms with Gasteiger partial charge in [-0.15, -0.1) is 5.10 Å². The second-order valence-electron chi connectivity index (χ2n) is 7.48. The van der Waals surface area contributed by atoms with Gasteiger partial charge >= 0.3 is 0 Å². The number of fused-ring (bicyclic) bond motifs is 1. The minimum Gasteiger partial charge on any atom is -0.443 e. The number of ether oxygens (including phenoxy) is 1. The van der Waals surface area contributed by atoms with Crippen LogP contribution in [-0.2, 0) is 4.74 Å². The SMILES string of the molecule is Cc1nc(NC(C)c2ccc(-n3cc(C4COC4)nn3)cc2)c2cc(C)oc2n1. The quantitative estimate of drug-likeness (QED) is 0.555. The lowest BCUT2D eigenvalue weighted by Crippen LogP contribution is -2.25. The van der Waals surface area contributed by atoms with Crippen LogP contribution in [0.15, 0.2) is 40.9 Å². The molecule has 0 spiro atoms. The van der Waals surface area contributed by atoms with Crippen LogP contribution in [0.4, 0.5) is 5.82 Å². The van der Waals surface area contributed by atoms with Crippen molar-refractivity contribution in [2.75, 3.05) is 18.5 Å². The van der Waals surface area contributed by atoms with Crippen molar-refractivity contribution in [3.8, 4) is 5.69 Å². The molecule has 1 aliphatic rings. The summed E-state index contributed by atoms with van der Waals surface area (Å²) in [6.45, 7) is 7.34. The van der Waals surface area contributed by atoms with E-state index in [2.05, 4.69) is 44.7 Å². The van der Waals surface area contributed by atoms with E-state index in [-0.39, 0.29) is 6.04 Å². The predicted molar refractivity (Wildman–Crippen MR) is 108 cm³/mol. The Bertz CT molecular complexity index is 1160. The van der Waals surface area contributed by atoms with Crippen molar-refractivity contribution in [2.45, 2.75) is 32.7 Å². The van der Waals surface area contributed by atoms with E-state index >= 15 is 0 Å². The average Bonchev–Trinajstić information content (AvgIpc) is 3.27. The van der Waals surface area contributed by atoms with Gasteiger partial charge in [-0.2, -0.15) is 4.98 Å². The number of hydrogen-bond donors (Lipinski definition) is 1. The molecule has 8 nitrogen and oxygen atoms in total. The maximum absolute atomic E-state index is 5.66. The third-order valence-corrected chi connectivity index (χ3v) is 5.21. The molecule has 1 saturated heterocycles. The molecule has 4 aromatic rings. The summed E-state index contributed by atoms with van der Waals surface area (Å²) >= 11 is 0. The highest BCUT2D eigenvalue weighted by Crippen LogP contribution is 2.28. The van der Waals surface area contributed by atoms with Gasteiger partial charge in [-0.3, -0.25) is 0 Å². The molecule has 0 bridgehead atoms. The number of hydrogen-bond acceptors (Lipinski definition) is 7. The molecular weight excluding hydrogens is 368 g/mol. The highest BCUT2D eigenvalue weighted by atomic mass is 16.5. The molecule has 0 radical (unpaired) electrons. The number of nitrogens with zero attached hydrogens (tertiary/aromatic N) is 5. The van der Waals surface area contributed by atoms with Gasteiger partial charge in [0.05, 0.1) is 42.1 Å². The van der Waals surface area contributed by atoms with Crippen LogP contribution in [0.1, 0.15) is 41.7 Å². The van der Waals surface area contributed by atoms with Crippen molar-refractivity contribution < 1.29 is 9.15 Å². The van der Waals surface area contributed by atoms with Gasteiger partial charge in [0.25, 0.3) is 0 Å². The lowest BCUT2D eigenvalue weighted by Gasteiger charge is -2.23. The zero-order valence-corrected chi connectivity index (χ0v) is 16.6. The largest absolute Gasteiger partial charge is 0.443 e. The average molecular weight is 390 g/mol. The summed E-state index contributed by atoms with van der Waals surface area (Å²) < 4.78 is 12.7. The zero-order valence-electron chi connectivity index (χ0n) is 16.6. The summed E-state index contributed by atoms with van der Waals surface area (Å²) in [5.74, 6) is 2.65. The van der Waals surface area contributed by atoms with E-state index in [1.54, 1.807) is 4.68 Å². The first-order valence-corrected chi connectivity index (χ1v) is 9.68. The van der Waals surface area contributed by atoms with E-state index < -0.39 is 0 Å². The van der Waals surface area contributed by atoms with Crippen molar-refractivity contribution >= 4 is 16.9 Å². The smallest absolute Gasteiger partial charge is 0.231 e. The fourth-order valence-electron chi connectivity index (χ4n) is 3.46. The summed E-state index contributed by atoms with van der Waals surface area (Å²) in [6, 6.07) is 10.3. The van der Waals surface area contributed by atoms with Crippen LogP contribution in [-0.4, -0.2) is 38.2 Å². The zero-order chi connectivity index (χ0) is 20.0. The van der Waals surface area contributed by atoms with E-state index in [1.807, 2.05) is 38.2 Å². The highest BCUT2D eigenvalue weighted by Gasteiger charge is 2.23. The Morgan fingerprint density at radius 2 is 1.93 bits per heavy atom. The van der Waals surface area contributed by atoms with Crippen molar-refractivity contribution in [3.05, 3.63) is 59.4 Å². The Balaban J connectivity index is 1.35. The number of rotatable bonds is 5. The van der Waals surface area contributed by atoms with E-state index in [1.165, 1.54) is 0 Å². The summed E-state index contributed by atoms with van der Waals surface area (Å²) in [7, 11) is 0. The Labute approximate surface area is 167 Å². The summed E-state index contributed by atoms with van der Waals surface area (Å²) in [5, 5.41) is 12.9. The second kappa shape index (κ2) is 6.97. The van der Waals surface area contributed by atoms with E-state index in [0.717, 1.165) is 47.1 Å². The number of aromatic nitrogens is 5. The first-order chi connectivity index (χ1) is 14.1. The van der Waals surface area contributed by atoms with Crippen LogP contribution in [0.2, 0.25) is 0 Å². The molecule has 8 heteroatoms. The van der Waals surface area contributed by atoms with Gasteiger partial charge in [-0.05, 0) is 44.5 Å². The molecular formula is C21H22N6O2. The predicted octanol–water partition coefficient (Wildman–Crippen LogP) is 3.71. The number of aryl methyl sites for hydroxylation is 2. The minimum absolute atomic E-state index is 0.0650. The van der Waals surface area contributed by atoms with Gasteiger partial charge in [-0.1, -0.05) is 17.3 Å². The van der Waals surface area contributed by atoms with E-state index in [9.17, 15) is 0 Å². The van der Waals surface area contributed by atoms with Gasteiger partial charge in [-0.25, -0.2) is 9.67 Å². The molecule has 148 valence electrons. The molecule has 5 rings (SSSR count). The molecule has 0 saturated carbocycles. The molecule has 1 N–H and O–H groups in total. The van der Waals surface area contributed by atoms with Crippen molar-refractivity contribution in [2.24, 2.45) is 0 Å². The Hall–Kier alpha value is -3.26. The number of benzene rings is 1. The molecule has 3 aromatic heterocycles. The molecule has 4 heterocycles. The molecule has 1 aromatic carbocycles. The number of anilines is 1. The van der Waals surface area contributed by atoms with Crippen LogP contribution in [0.5, 0.6) is 0 Å². The molecule has 1 aliphatic heterocycles. The molecule has 0 amide bonds. The summed E-state index contributed by atoms with van der Waals surface area (Å²) in [5.41, 5.74) is 3.71. The first-order valence-electron chi connectivity index (χ1n) is 9.68. The highest BCUT2D eigenvalue weighted by molar-refractivity contribution is 5.86. The van der Waals surface area contributed by atoms with Gasteiger partial charge in [0.2, 0.25) is 5.71 Å². The third-order valence-electron chi connectivity index (χ3n) is 5.21. The van der Waals surface area contributed by atoms with Crippen LogP contribution in [0.3, 0.4) is 0 Å². The molecule has 1 atom stereocenters. The van der Waals surface area contributed by atoms with Crippen molar-refractivity contribution in [1.29, 1.82) is 0 Å². The van der Waals surface area contributed by atoms with Crippen molar-refractivity contribution in [3.63, 3.8) is 0 Å². The normalized spacial score (nSPS) is 15.4. The van der Waals surface area contributed by atoms with Crippen LogP contribution in [0.25, 0.3) is 16.8 Å².